The lowest BCUT2D eigenvalue weighted by Gasteiger charge is -2.22. The van der Waals surface area contributed by atoms with Gasteiger partial charge in [0, 0.05) is 13.0 Å². The largest absolute Gasteiger partial charge is 0.497 e. The molecule has 8 heteroatoms. The van der Waals surface area contributed by atoms with Gasteiger partial charge in [-0.05, 0) is 41.8 Å². The predicted octanol–water partition coefficient (Wildman–Crippen LogP) is 2.69. The first-order valence-corrected chi connectivity index (χ1v) is 11.6. The second-order valence-corrected chi connectivity index (χ2v) is 9.09. The molecular formula is C27H27NO7. The first kappa shape index (κ1) is 23.1. The van der Waals surface area contributed by atoms with Crippen LogP contribution in [0.2, 0.25) is 0 Å². The normalized spacial score (nSPS) is 26.1. The molecule has 0 saturated carbocycles. The third-order valence-electron chi connectivity index (χ3n) is 6.93. The summed E-state index contributed by atoms with van der Waals surface area (Å²) in [5.74, 6) is -0.899. The number of nitrogens with zero attached hydrogens (tertiary/aromatic N) is 1. The Labute approximate surface area is 203 Å². The molecule has 35 heavy (non-hydrogen) atoms. The van der Waals surface area contributed by atoms with Crippen LogP contribution in [0.25, 0.3) is 0 Å². The molecule has 2 aromatic carbocycles. The molecule has 0 N–H and O–H groups in total. The second-order valence-electron chi connectivity index (χ2n) is 9.09. The fourth-order valence-electron chi connectivity index (χ4n) is 5.27. The molecule has 0 unspecified atom stereocenters. The van der Waals surface area contributed by atoms with E-state index in [2.05, 4.69) is 0 Å². The van der Waals surface area contributed by atoms with Crippen LogP contribution in [-0.2, 0) is 36.8 Å². The summed E-state index contributed by atoms with van der Waals surface area (Å²) < 4.78 is 21.7. The quantitative estimate of drug-likeness (QED) is 0.328. The van der Waals surface area contributed by atoms with E-state index >= 15 is 0 Å². The minimum Gasteiger partial charge on any atom is -0.497 e. The molecule has 2 aromatic rings. The Morgan fingerprint density at radius 1 is 1.09 bits per heavy atom. The first-order valence-electron chi connectivity index (χ1n) is 11.6. The van der Waals surface area contributed by atoms with Crippen LogP contribution in [0.15, 0.2) is 60.7 Å². The van der Waals surface area contributed by atoms with Gasteiger partial charge in [-0.2, -0.15) is 0 Å². The topological polar surface area (TPSA) is 91.4 Å². The maximum absolute atomic E-state index is 13.2. The SMILES string of the molecule is COC(=O)[C@@H]1[C@H]2C=C[C@@]3(CN(Cc4cccc(OC(=O)CCc5ccc(OC)cc5)c4)C(=O)[C@@H]13)O2. The molecule has 4 atom stereocenters. The standard InChI is InChI=1S/C27H27NO7/c1-32-19-9-6-17(7-10-19)8-11-22(29)34-20-5-3-4-18(14-20)15-28-16-27-13-12-21(35-27)23(26(31)33-2)24(27)25(28)30/h3-7,9-10,12-14,21,23-24H,8,11,15-16H2,1-2H3/t21-,23-,24-,27+/m1/s1. The number of carbonyl (C=O) groups is 3. The fourth-order valence-corrected chi connectivity index (χ4v) is 5.27. The number of esters is 2. The summed E-state index contributed by atoms with van der Waals surface area (Å²) in [5, 5.41) is 0. The van der Waals surface area contributed by atoms with Crippen molar-refractivity contribution in [3.8, 4) is 11.5 Å². The van der Waals surface area contributed by atoms with Crippen molar-refractivity contribution in [3.05, 3.63) is 71.8 Å². The number of amides is 1. The van der Waals surface area contributed by atoms with Crippen molar-refractivity contribution in [1.82, 2.24) is 4.90 Å². The van der Waals surface area contributed by atoms with Gasteiger partial charge in [0.05, 0.1) is 32.8 Å². The smallest absolute Gasteiger partial charge is 0.312 e. The van der Waals surface area contributed by atoms with Crippen LogP contribution in [0.5, 0.6) is 11.5 Å². The van der Waals surface area contributed by atoms with Gasteiger partial charge in [-0.1, -0.05) is 36.4 Å². The Morgan fingerprint density at radius 3 is 2.63 bits per heavy atom. The average molecular weight is 478 g/mol. The van der Waals surface area contributed by atoms with E-state index in [9.17, 15) is 14.4 Å². The number of hydrogen-bond donors (Lipinski definition) is 0. The maximum Gasteiger partial charge on any atom is 0.312 e. The Morgan fingerprint density at radius 2 is 1.89 bits per heavy atom. The molecule has 1 spiro atoms. The number of fused-ring (bicyclic) bond motifs is 1. The lowest BCUT2D eigenvalue weighted by Crippen LogP contribution is -2.39. The summed E-state index contributed by atoms with van der Waals surface area (Å²) in [6.45, 7) is 0.687. The van der Waals surface area contributed by atoms with Crippen LogP contribution < -0.4 is 9.47 Å². The number of hydrogen-bond acceptors (Lipinski definition) is 7. The monoisotopic (exact) mass is 477 g/mol. The molecule has 5 rings (SSSR count). The van der Waals surface area contributed by atoms with E-state index in [4.69, 9.17) is 18.9 Å². The van der Waals surface area contributed by atoms with Crippen molar-refractivity contribution in [3.63, 3.8) is 0 Å². The van der Waals surface area contributed by atoms with Crippen molar-refractivity contribution in [2.75, 3.05) is 20.8 Å². The summed E-state index contributed by atoms with van der Waals surface area (Å²) in [4.78, 5) is 39.6. The van der Waals surface area contributed by atoms with Crippen LogP contribution in [0.1, 0.15) is 17.5 Å². The van der Waals surface area contributed by atoms with Gasteiger partial charge in [-0.15, -0.1) is 0 Å². The van der Waals surface area contributed by atoms with E-state index in [1.807, 2.05) is 42.5 Å². The molecule has 3 aliphatic heterocycles. The molecule has 3 aliphatic rings. The molecule has 0 aliphatic carbocycles. The van der Waals surface area contributed by atoms with Crippen molar-refractivity contribution >= 4 is 17.8 Å². The number of ether oxygens (including phenoxy) is 4. The highest BCUT2D eigenvalue weighted by atomic mass is 16.5. The van der Waals surface area contributed by atoms with E-state index in [0.717, 1.165) is 16.9 Å². The summed E-state index contributed by atoms with van der Waals surface area (Å²) in [6.07, 6.45) is 4.14. The second kappa shape index (κ2) is 9.19. The number of methoxy groups -OCH3 is 2. The third kappa shape index (κ3) is 4.30. The van der Waals surface area contributed by atoms with Gasteiger partial charge >= 0.3 is 11.9 Å². The highest BCUT2D eigenvalue weighted by Gasteiger charge is 2.67. The zero-order valence-corrected chi connectivity index (χ0v) is 19.6. The van der Waals surface area contributed by atoms with Crippen molar-refractivity contribution in [2.45, 2.75) is 31.1 Å². The van der Waals surface area contributed by atoms with Crippen molar-refractivity contribution < 1.29 is 33.3 Å². The highest BCUT2D eigenvalue weighted by molar-refractivity contribution is 5.91. The zero-order chi connectivity index (χ0) is 24.6. The minimum atomic E-state index is -0.786. The van der Waals surface area contributed by atoms with Gasteiger partial charge in [0.1, 0.15) is 23.0 Å². The van der Waals surface area contributed by atoms with Gasteiger partial charge in [0.25, 0.3) is 0 Å². The summed E-state index contributed by atoms with van der Waals surface area (Å²) in [6, 6.07) is 14.7. The minimum absolute atomic E-state index is 0.130. The summed E-state index contributed by atoms with van der Waals surface area (Å²) in [7, 11) is 2.94. The molecule has 182 valence electrons. The van der Waals surface area contributed by atoms with Gasteiger partial charge in [-0.3, -0.25) is 14.4 Å². The lowest BCUT2D eigenvalue weighted by molar-refractivity contribution is -0.151. The maximum atomic E-state index is 13.2. The van der Waals surface area contributed by atoms with Crippen molar-refractivity contribution in [2.24, 2.45) is 11.8 Å². The zero-order valence-electron chi connectivity index (χ0n) is 19.6. The van der Waals surface area contributed by atoms with E-state index in [1.54, 1.807) is 30.2 Å². The molecule has 3 heterocycles. The first-order chi connectivity index (χ1) is 16.9. The average Bonchev–Trinajstić information content (AvgIpc) is 3.51. The molecule has 2 fully saturated rings. The van der Waals surface area contributed by atoms with Crippen LogP contribution in [0.3, 0.4) is 0 Å². The lowest BCUT2D eigenvalue weighted by atomic mass is 9.77. The third-order valence-corrected chi connectivity index (χ3v) is 6.93. The molecular weight excluding hydrogens is 450 g/mol. The number of likely N-dealkylation sites (tertiary alicyclic amines) is 1. The van der Waals surface area contributed by atoms with Gasteiger partial charge < -0.3 is 23.8 Å². The van der Waals surface area contributed by atoms with E-state index in [1.165, 1.54) is 7.11 Å². The van der Waals surface area contributed by atoms with Crippen LogP contribution in [0.4, 0.5) is 0 Å². The molecule has 1 amide bonds. The highest BCUT2D eigenvalue weighted by Crippen LogP contribution is 2.52. The Hall–Kier alpha value is -3.65. The van der Waals surface area contributed by atoms with Gasteiger partial charge in [0.2, 0.25) is 5.91 Å². The van der Waals surface area contributed by atoms with E-state index < -0.39 is 29.5 Å². The van der Waals surface area contributed by atoms with Crippen LogP contribution in [0, 0.1) is 11.8 Å². The van der Waals surface area contributed by atoms with Gasteiger partial charge in [-0.25, -0.2) is 0 Å². The molecule has 0 aromatic heterocycles. The summed E-state index contributed by atoms with van der Waals surface area (Å²) >= 11 is 0. The Kier molecular flexibility index (Phi) is 6.06. The van der Waals surface area contributed by atoms with E-state index in [0.29, 0.717) is 25.3 Å². The number of rotatable bonds is 8. The molecule has 0 radical (unpaired) electrons. The molecule has 8 nitrogen and oxygen atoms in total. The fraction of sp³-hybridized carbons (Fsp3) is 0.370. The molecule has 2 bridgehead atoms. The van der Waals surface area contributed by atoms with E-state index in [-0.39, 0.29) is 18.3 Å². The van der Waals surface area contributed by atoms with Crippen LogP contribution in [-0.4, -0.2) is 55.2 Å². The Balaban J connectivity index is 1.20. The summed E-state index contributed by atoms with van der Waals surface area (Å²) in [5.41, 5.74) is 1.06. The van der Waals surface area contributed by atoms with Crippen LogP contribution >= 0.6 is 0 Å². The molecule has 2 saturated heterocycles. The predicted molar refractivity (Wildman–Crippen MR) is 125 cm³/mol. The number of carbonyl (C=O) groups excluding carboxylic acids is 3. The number of benzene rings is 2. The Bertz CT molecular complexity index is 1170. The number of aryl methyl sites for hydroxylation is 1. The van der Waals surface area contributed by atoms with Gasteiger partial charge in [0.15, 0.2) is 0 Å². The van der Waals surface area contributed by atoms with Crippen molar-refractivity contribution in [1.29, 1.82) is 0 Å².